The average Bonchev–Trinajstić information content (AvgIpc) is 2.70. The normalized spacial score (nSPS) is 17.8. The SMILES string of the molecule is CSc1ccccc1NC(=O)C1CCCN(S(=O)(=O)Cc2ccc(Cl)cc2Cl)C1. The number of anilines is 1. The minimum atomic E-state index is -3.60. The number of piperidine rings is 1. The van der Waals surface area contributed by atoms with E-state index in [0.717, 1.165) is 10.6 Å². The molecule has 1 N–H and O–H groups in total. The molecule has 1 atom stereocenters. The van der Waals surface area contributed by atoms with Gasteiger partial charge >= 0.3 is 0 Å². The van der Waals surface area contributed by atoms with E-state index in [1.54, 1.807) is 23.9 Å². The number of benzene rings is 2. The van der Waals surface area contributed by atoms with Gasteiger partial charge in [-0.25, -0.2) is 12.7 Å². The van der Waals surface area contributed by atoms with E-state index < -0.39 is 15.9 Å². The molecule has 0 radical (unpaired) electrons. The fourth-order valence-corrected chi connectivity index (χ4v) is 6.07. The van der Waals surface area contributed by atoms with Gasteiger partial charge in [0.1, 0.15) is 0 Å². The number of carbonyl (C=O) groups excluding carboxylic acids is 1. The molecule has 0 aliphatic carbocycles. The van der Waals surface area contributed by atoms with Gasteiger partial charge < -0.3 is 5.32 Å². The molecular formula is C20H22Cl2N2O3S2. The van der Waals surface area contributed by atoms with Crippen molar-refractivity contribution in [2.75, 3.05) is 24.7 Å². The van der Waals surface area contributed by atoms with E-state index in [1.165, 1.54) is 10.4 Å². The summed E-state index contributed by atoms with van der Waals surface area (Å²) >= 11 is 13.6. The van der Waals surface area contributed by atoms with Crippen molar-refractivity contribution in [2.24, 2.45) is 5.92 Å². The zero-order valence-electron chi connectivity index (χ0n) is 15.9. The van der Waals surface area contributed by atoms with Crippen LogP contribution >= 0.6 is 35.0 Å². The third kappa shape index (κ3) is 5.67. The summed E-state index contributed by atoms with van der Waals surface area (Å²) in [6.45, 7) is 0.569. The first-order valence-corrected chi connectivity index (χ1v) is 12.7. The molecule has 2 aromatic carbocycles. The van der Waals surface area contributed by atoms with Crippen molar-refractivity contribution in [3.63, 3.8) is 0 Å². The first-order chi connectivity index (χ1) is 13.8. The molecule has 1 amide bonds. The second-order valence-corrected chi connectivity index (χ2v) is 10.5. The van der Waals surface area contributed by atoms with Gasteiger partial charge in [-0.2, -0.15) is 0 Å². The Hall–Kier alpha value is -1.25. The highest BCUT2D eigenvalue weighted by atomic mass is 35.5. The highest BCUT2D eigenvalue weighted by Crippen LogP contribution is 2.28. The Balaban J connectivity index is 1.69. The molecule has 2 aromatic rings. The van der Waals surface area contributed by atoms with E-state index in [9.17, 15) is 13.2 Å². The van der Waals surface area contributed by atoms with Crippen LogP contribution in [0, 0.1) is 5.92 Å². The van der Waals surface area contributed by atoms with Crippen LogP contribution < -0.4 is 5.32 Å². The van der Waals surface area contributed by atoms with Crippen LogP contribution in [-0.2, 0) is 20.6 Å². The third-order valence-corrected chi connectivity index (χ3v) is 8.04. The average molecular weight is 473 g/mol. The number of carbonyl (C=O) groups is 1. The zero-order chi connectivity index (χ0) is 21.0. The molecule has 0 spiro atoms. The van der Waals surface area contributed by atoms with E-state index in [-0.39, 0.29) is 18.2 Å². The van der Waals surface area contributed by atoms with E-state index in [1.807, 2.05) is 30.5 Å². The molecular weight excluding hydrogens is 451 g/mol. The number of nitrogens with zero attached hydrogens (tertiary/aromatic N) is 1. The van der Waals surface area contributed by atoms with Crippen LogP contribution in [-0.4, -0.2) is 38.0 Å². The number of nitrogens with one attached hydrogen (secondary N) is 1. The van der Waals surface area contributed by atoms with Crippen LogP contribution in [0.4, 0.5) is 5.69 Å². The van der Waals surface area contributed by atoms with Crippen molar-refractivity contribution < 1.29 is 13.2 Å². The molecule has 156 valence electrons. The number of thioether (sulfide) groups is 1. The second kappa shape index (κ2) is 9.71. The lowest BCUT2D eigenvalue weighted by atomic mass is 9.99. The van der Waals surface area contributed by atoms with Crippen molar-refractivity contribution >= 4 is 56.6 Å². The lowest BCUT2D eigenvalue weighted by molar-refractivity contribution is -0.120. The number of sulfonamides is 1. The van der Waals surface area contributed by atoms with E-state index in [2.05, 4.69) is 5.32 Å². The third-order valence-electron chi connectivity index (χ3n) is 4.87. The number of amides is 1. The maximum Gasteiger partial charge on any atom is 0.228 e. The highest BCUT2D eigenvalue weighted by molar-refractivity contribution is 7.98. The molecule has 1 aliphatic heterocycles. The standard InChI is InChI=1S/C20H22Cl2N2O3S2/c1-28-19-7-3-2-6-18(19)23-20(25)14-5-4-10-24(12-14)29(26,27)13-15-8-9-16(21)11-17(15)22/h2-3,6-9,11,14H,4-5,10,12-13H2,1H3,(H,23,25). The predicted octanol–water partition coefficient (Wildman–Crippen LogP) is 4.90. The Kier molecular flexibility index (Phi) is 7.51. The van der Waals surface area contributed by atoms with E-state index in [4.69, 9.17) is 23.2 Å². The van der Waals surface area contributed by atoms with Crippen molar-refractivity contribution in [1.82, 2.24) is 4.31 Å². The maximum atomic E-state index is 12.9. The summed E-state index contributed by atoms with van der Waals surface area (Å²) in [5.74, 6) is -0.767. The minimum Gasteiger partial charge on any atom is -0.325 e. The lowest BCUT2D eigenvalue weighted by Gasteiger charge is -2.31. The van der Waals surface area contributed by atoms with E-state index >= 15 is 0 Å². The predicted molar refractivity (Wildman–Crippen MR) is 120 cm³/mol. The van der Waals surface area contributed by atoms with Crippen molar-refractivity contribution in [1.29, 1.82) is 0 Å². The van der Waals surface area contributed by atoms with Gasteiger partial charge in [0.05, 0.1) is 17.4 Å². The fourth-order valence-electron chi connectivity index (χ4n) is 3.32. The molecule has 1 unspecified atom stereocenters. The summed E-state index contributed by atoms with van der Waals surface area (Å²) in [7, 11) is -3.60. The van der Waals surface area contributed by atoms with Crippen LogP contribution in [0.5, 0.6) is 0 Å². The van der Waals surface area contributed by atoms with Crippen LogP contribution in [0.2, 0.25) is 10.0 Å². The number of para-hydroxylation sites is 1. The van der Waals surface area contributed by atoms with Gasteiger partial charge in [-0.05, 0) is 48.9 Å². The Morgan fingerprint density at radius 1 is 1.24 bits per heavy atom. The van der Waals surface area contributed by atoms with E-state index in [0.29, 0.717) is 35.0 Å². The number of hydrogen-bond acceptors (Lipinski definition) is 4. The zero-order valence-corrected chi connectivity index (χ0v) is 19.0. The van der Waals surface area contributed by atoms with Gasteiger partial charge in [0.2, 0.25) is 15.9 Å². The smallest absolute Gasteiger partial charge is 0.228 e. The van der Waals surface area contributed by atoms with Gasteiger partial charge in [-0.3, -0.25) is 4.79 Å². The summed E-state index contributed by atoms with van der Waals surface area (Å²) in [4.78, 5) is 13.8. The van der Waals surface area contributed by atoms with Gasteiger partial charge in [-0.15, -0.1) is 11.8 Å². The largest absolute Gasteiger partial charge is 0.325 e. The molecule has 1 heterocycles. The molecule has 29 heavy (non-hydrogen) atoms. The summed E-state index contributed by atoms with van der Waals surface area (Å²) in [5.41, 5.74) is 1.24. The maximum absolute atomic E-state index is 12.9. The Bertz CT molecular complexity index is 999. The molecule has 3 rings (SSSR count). The quantitative estimate of drug-likeness (QED) is 0.607. The molecule has 1 saturated heterocycles. The van der Waals surface area contributed by atoms with Gasteiger partial charge in [-0.1, -0.05) is 41.4 Å². The summed E-state index contributed by atoms with van der Waals surface area (Å²) in [6, 6.07) is 12.3. The Morgan fingerprint density at radius 3 is 2.72 bits per heavy atom. The van der Waals surface area contributed by atoms with Crippen LogP contribution in [0.25, 0.3) is 0 Å². The van der Waals surface area contributed by atoms with Crippen LogP contribution in [0.15, 0.2) is 47.4 Å². The monoisotopic (exact) mass is 472 g/mol. The minimum absolute atomic E-state index is 0.157. The van der Waals surface area contributed by atoms with Crippen molar-refractivity contribution in [3.8, 4) is 0 Å². The van der Waals surface area contributed by atoms with Gasteiger partial charge in [0.15, 0.2) is 0 Å². The Labute approximate surface area is 185 Å². The number of hydrogen-bond donors (Lipinski definition) is 1. The van der Waals surface area contributed by atoms with Crippen molar-refractivity contribution in [2.45, 2.75) is 23.5 Å². The van der Waals surface area contributed by atoms with Crippen LogP contribution in [0.3, 0.4) is 0 Å². The molecule has 1 fully saturated rings. The highest BCUT2D eigenvalue weighted by Gasteiger charge is 2.33. The summed E-state index contributed by atoms with van der Waals surface area (Å²) in [5, 5.41) is 3.73. The van der Waals surface area contributed by atoms with Crippen LogP contribution in [0.1, 0.15) is 18.4 Å². The molecule has 9 heteroatoms. The Morgan fingerprint density at radius 2 is 2.00 bits per heavy atom. The molecule has 0 aromatic heterocycles. The topological polar surface area (TPSA) is 66.5 Å². The van der Waals surface area contributed by atoms with Gasteiger partial charge in [0.25, 0.3) is 0 Å². The fraction of sp³-hybridized carbons (Fsp3) is 0.350. The first-order valence-electron chi connectivity index (χ1n) is 9.16. The molecule has 0 saturated carbocycles. The summed E-state index contributed by atoms with van der Waals surface area (Å²) in [6.07, 6.45) is 3.23. The summed E-state index contributed by atoms with van der Waals surface area (Å²) < 4.78 is 27.2. The molecule has 1 aliphatic rings. The van der Waals surface area contributed by atoms with Crippen molar-refractivity contribution in [3.05, 3.63) is 58.1 Å². The number of halogens is 2. The second-order valence-electron chi connectivity index (χ2n) is 6.88. The lowest BCUT2D eigenvalue weighted by Crippen LogP contribution is -2.44. The first kappa shape index (κ1) is 22.4. The number of rotatable bonds is 6. The molecule has 5 nitrogen and oxygen atoms in total. The molecule has 0 bridgehead atoms. The van der Waals surface area contributed by atoms with Gasteiger partial charge in [0, 0.05) is 28.0 Å².